The van der Waals surface area contributed by atoms with Gasteiger partial charge in [-0.1, -0.05) is 43.8 Å². The Labute approximate surface area is 84.2 Å². The van der Waals surface area contributed by atoms with Gasteiger partial charge in [0.25, 0.3) is 0 Å². The molecule has 0 aliphatic rings. The average Bonchev–Trinajstić information content (AvgIpc) is 2.21. The van der Waals surface area contributed by atoms with Crippen LogP contribution in [-0.2, 0) is 9.53 Å². The molecular weight excluding hydrogens is 176 g/mol. The zero-order chi connectivity index (χ0) is 10.4. The largest absolute Gasteiger partial charge is 0.435 e. The predicted octanol–water partition coefficient (Wildman–Crippen LogP) is 2.87. The van der Waals surface area contributed by atoms with Gasteiger partial charge in [-0.15, -0.1) is 0 Å². The van der Waals surface area contributed by atoms with Gasteiger partial charge < -0.3 is 4.74 Å². The Hall–Kier alpha value is -1.57. The summed E-state index contributed by atoms with van der Waals surface area (Å²) in [6.45, 7) is 5.33. The first-order valence-electron chi connectivity index (χ1n) is 4.66. The third-order valence-electron chi connectivity index (χ3n) is 2.09. The number of rotatable bonds is 4. The first-order chi connectivity index (χ1) is 6.79. The molecule has 0 fully saturated rings. The maximum atomic E-state index is 11.5. The van der Waals surface area contributed by atoms with Gasteiger partial charge in [0.1, 0.15) is 0 Å². The molecule has 2 heteroatoms. The van der Waals surface area contributed by atoms with Crippen LogP contribution in [0.25, 0.3) is 0 Å². The third kappa shape index (κ3) is 2.46. The van der Waals surface area contributed by atoms with Crippen LogP contribution >= 0.6 is 0 Å². The van der Waals surface area contributed by atoms with Crippen LogP contribution in [0.3, 0.4) is 0 Å². The molecule has 2 nitrogen and oxygen atoms in total. The highest BCUT2D eigenvalue weighted by molar-refractivity contribution is 5.78. The van der Waals surface area contributed by atoms with Crippen LogP contribution in [0.5, 0.6) is 0 Å². The zero-order valence-electron chi connectivity index (χ0n) is 8.27. The molecule has 0 spiro atoms. The molecule has 0 amide bonds. The van der Waals surface area contributed by atoms with Crippen LogP contribution in [0.15, 0.2) is 43.2 Å². The van der Waals surface area contributed by atoms with Crippen molar-refractivity contribution in [2.45, 2.75) is 19.3 Å². The lowest BCUT2D eigenvalue weighted by Crippen LogP contribution is -2.12. The third-order valence-corrected chi connectivity index (χ3v) is 2.09. The summed E-state index contributed by atoms with van der Waals surface area (Å²) in [5, 5.41) is 0. The van der Waals surface area contributed by atoms with Crippen molar-refractivity contribution in [1.82, 2.24) is 0 Å². The van der Waals surface area contributed by atoms with Gasteiger partial charge in [-0.25, -0.2) is 0 Å². The molecule has 1 aromatic rings. The van der Waals surface area contributed by atoms with Crippen LogP contribution in [-0.4, -0.2) is 5.97 Å². The van der Waals surface area contributed by atoms with Gasteiger partial charge in [-0.2, -0.15) is 0 Å². The van der Waals surface area contributed by atoms with Gasteiger partial charge in [-0.05, 0) is 12.0 Å². The Balaban J connectivity index is 2.82. The first-order valence-corrected chi connectivity index (χ1v) is 4.66. The van der Waals surface area contributed by atoms with Gasteiger partial charge in [-0.3, -0.25) is 4.79 Å². The summed E-state index contributed by atoms with van der Waals surface area (Å²) in [6.07, 6.45) is 1.91. The molecule has 0 radical (unpaired) electrons. The molecule has 0 N–H and O–H groups in total. The van der Waals surface area contributed by atoms with E-state index in [0.717, 1.165) is 12.0 Å². The minimum atomic E-state index is -0.242. The summed E-state index contributed by atoms with van der Waals surface area (Å²) in [6, 6.07) is 9.62. The lowest BCUT2D eigenvalue weighted by atomic mass is 9.97. The Kier molecular flexibility index (Phi) is 3.92. The van der Waals surface area contributed by atoms with Gasteiger partial charge >= 0.3 is 5.97 Å². The lowest BCUT2D eigenvalue weighted by Gasteiger charge is -2.11. The number of carbonyl (C=O) groups is 1. The second kappa shape index (κ2) is 5.22. The fraction of sp³-hybridized carbons (Fsp3) is 0.250. The predicted molar refractivity (Wildman–Crippen MR) is 55.8 cm³/mol. The summed E-state index contributed by atoms with van der Waals surface area (Å²) in [4.78, 5) is 11.5. The number of ether oxygens (including phenoxy) is 1. The van der Waals surface area contributed by atoms with Crippen molar-refractivity contribution >= 4 is 5.97 Å². The number of carbonyl (C=O) groups excluding carboxylic acids is 1. The van der Waals surface area contributed by atoms with E-state index >= 15 is 0 Å². The molecule has 0 saturated carbocycles. The molecule has 0 heterocycles. The van der Waals surface area contributed by atoms with Crippen LogP contribution in [0, 0.1) is 0 Å². The van der Waals surface area contributed by atoms with E-state index in [4.69, 9.17) is 4.74 Å². The Bertz CT molecular complexity index is 303. The maximum Gasteiger partial charge on any atom is 0.318 e. The molecular formula is C12H14O2. The number of hydrogen-bond donors (Lipinski definition) is 0. The Morgan fingerprint density at radius 2 is 2.14 bits per heavy atom. The Morgan fingerprint density at radius 1 is 1.50 bits per heavy atom. The van der Waals surface area contributed by atoms with E-state index in [9.17, 15) is 4.79 Å². The van der Waals surface area contributed by atoms with Gasteiger partial charge in [0.05, 0.1) is 12.2 Å². The van der Waals surface area contributed by atoms with E-state index in [1.165, 1.54) is 6.26 Å². The van der Waals surface area contributed by atoms with Crippen LogP contribution in [0.1, 0.15) is 24.8 Å². The molecule has 1 rings (SSSR count). The summed E-state index contributed by atoms with van der Waals surface area (Å²) in [5.41, 5.74) is 0.988. The first kappa shape index (κ1) is 10.5. The Morgan fingerprint density at radius 3 is 2.64 bits per heavy atom. The lowest BCUT2D eigenvalue weighted by molar-refractivity contribution is -0.139. The summed E-state index contributed by atoms with van der Waals surface area (Å²) >= 11 is 0. The zero-order valence-corrected chi connectivity index (χ0v) is 8.27. The maximum absolute atomic E-state index is 11.5. The molecule has 0 aliphatic carbocycles. The van der Waals surface area contributed by atoms with Crippen molar-refractivity contribution < 1.29 is 9.53 Å². The standard InChI is InChI=1S/C12H14O2/c1-3-11(12(13)14-4-2)10-8-6-5-7-9-10/h4-9,11H,2-3H2,1H3. The second-order valence-corrected chi connectivity index (χ2v) is 2.98. The van der Waals surface area contributed by atoms with E-state index in [0.29, 0.717) is 0 Å². The highest BCUT2D eigenvalue weighted by atomic mass is 16.5. The van der Waals surface area contributed by atoms with Crippen molar-refractivity contribution in [3.8, 4) is 0 Å². The van der Waals surface area contributed by atoms with E-state index in [1.54, 1.807) is 0 Å². The highest BCUT2D eigenvalue weighted by Crippen LogP contribution is 2.20. The van der Waals surface area contributed by atoms with Gasteiger partial charge in [0.15, 0.2) is 0 Å². The van der Waals surface area contributed by atoms with E-state index in [2.05, 4.69) is 6.58 Å². The molecule has 0 saturated heterocycles. The van der Waals surface area contributed by atoms with Gasteiger partial charge in [0, 0.05) is 0 Å². The molecule has 1 atom stereocenters. The number of hydrogen-bond acceptors (Lipinski definition) is 2. The molecule has 1 unspecified atom stereocenters. The van der Waals surface area contributed by atoms with E-state index in [-0.39, 0.29) is 11.9 Å². The number of benzene rings is 1. The molecule has 0 bridgehead atoms. The molecule has 14 heavy (non-hydrogen) atoms. The van der Waals surface area contributed by atoms with Crippen LogP contribution in [0.4, 0.5) is 0 Å². The van der Waals surface area contributed by atoms with Crippen molar-refractivity contribution in [1.29, 1.82) is 0 Å². The number of esters is 1. The van der Waals surface area contributed by atoms with E-state index in [1.807, 2.05) is 37.3 Å². The molecule has 74 valence electrons. The second-order valence-electron chi connectivity index (χ2n) is 2.98. The topological polar surface area (TPSA) is 26.3 Å². The van der Waals surface area contributed by atoms with Crippen molar-refractivity contribution in [3.05, 3.63) is 48.7 Å². The molecule has 0 aromatic heterocycles. The van der Waals surface area contributed by atoms with Crippen LogP contribution in [0.2, 0.25) is 0 Å². The van der Waals surface area contributed by atoms with Crippen molar-refractivity contribution in [2.24, 2.45) is 0 Å². The molecule has 1 aromatic carbocycles. The van der Waals surface area contributed by atoms with Crippen LogP contribution < -0.4 is 0 Å². The smallest absolute Gasteiger partial charge is 0.318 e. The van der Waals surface area contributed by atoms with E-state index < -0.39 is 0 Å². The summed E-state index contributed by atoms with van der Waals surface area (Å²) < 4.78 is 4.77. The normalized spacial score (nSPS) is 11.8. The fourth-order valence-electron chi connectivity index (χ4n) is 1.39. The quantitative estimate of drug-likeness (QED) is 0.539. The monoisotopic (exact) mass is 190 g/mol. The van der Waals surface area contributed by atoms with Crippen molar-refractivity contribution in [2.75, 3.05) is 0 Å². The summed E-state index contributed by atoms with van der Waals surface area (Å²) in [5.74, 6) is -0.428. The fourth-order valence-corrected chi connectivity index (χ4v) is 1.39. The minimum Gasteiger partial charge on any atom is -0.435 e. The molecule has 0 aliphatic heterocycles. The van der Waals surface area contributed by atoms with Gasteiger partial charge in [0.2, 0.25) is 0 Å². The minimum absolute atomic E-state index is 0.186. The van der Waals surface area contributed by atoms with Crippen molar-refractivity contribution in [3.63, 3.8) is 0 Å². The average molecular weight is 190 g/mol. The highest BCUT2D eigenvalue weighted by Gasteiger charge is 2.18. The SMILES string of the molecule is C=COC(=O)C(CC)c1ccccc1. The summed E-state index contributed by atoms with van der Waals surface area (Å²) in [7, 11) is 0.